The summed E-state index contributed by atoms with van der Waals surface area (Å²) in [7, 11) is 0. The first-order chi connectivity index (χ1) is 9.58. The fourth-order valence-corrected chi connectivity index (χ4v) is 3.50. The highest BCUT2D eigenvalue weighted by Crippen LogP contribution is 2.39. The van der Waals surface area contributed by atoms with Crippen LogP contribution in [-0.4, -0.2) is 44.2 Å². The van der Waals surface area contributed by atoms with E-state index in [9.17, 15) is 14.4 Å². The Morgan fingerprint density at radius 3 is 2.65 bits per heavy atom. The van der Waals surface area contributed by atoms with E-state index in [1.165, 1.54) is 11.8 Å². The largest absolute Gasteiger partial charge is 0.474 e. The Morgan fingerprint density at radius 1 is 1.30 bits per heavy atom. The van der Waals surface area contributed by atoms with Gasteiger partial charge in [-0.25, -0.2) is 4.79 Å². The number of carbonyl (C=O) groups is 3. The molecule has 1 aromatic carbocycles. The third-order valence-electron chi connectivity index (χ3n) is 3.15. The lowest BCUT2D eigenvalue weighted by atomic mass is 10.1. The lowest BCUT2D eigenvalue weighted by Crippen LogP contribution is -2.64. The summed E-state index contributed by atoms with van der Waals surface area (Å²) in [6, 6.07) is 9.02. The van der Waals surface area contributed by atoms with Crippen LogP contribution >= 0.6 is 11.8 Å². The molecule has 1 aromatic rings. The second-order valence-corrected chi connectivity index (χ2v) is 5.65. The summed E-state index contributed by atoms with van der Waals surface area (Å²) in [6.45, 7) is 0. The van der Waals surface area contributed by atoms with Crippen LogP contribution in [0.3, 0.4) is 0 Å². The zero-order valence-electron chi connectivity index (χ0n) is 10.2. The molecule has 7 heteroatoms. The number of benzene rings is 1. The van der Waals surface area contributed by atoms with E-state index in [2.05, 4.69) is 4.99 Å². The monoisotopic (exact) mass is 290 g/mol. The smallest absolute Gasteiger partial charge is 0.395 e. The summed E-state index contributed by atoms with van der Waals surface area (Å²) >= 11 is 1.28. The van der Waals surface area contributed by atoms with Crippen molar-refractivity contribution in [2.45, 2.75) is 17.8 Å². The standard InChI is InChI=1S/C13H10N2O4S/c16-10-9-12(15(10)11(17)13(18)19)20-8(14-9)6-7-4-2-1-3-5-7/h1-5,9,12H,6H2,(H,18,19). The average molecular weight is 290 g/mol. The summed E-state index contributed by atoms with van der Waals surface area (Å²) in [5, 5.41) is 8.92. The number of hydrogen-bond acceptors (Lipinski definition) is 5. The van der Waals surface area contributed by atoms with Gasteiger partial charge >= 0.3 is 11.9 Å². The maximum atomic E-state index is 11.7. The molecule has 6 nitrogen and oxygen atoms in total. The molecule has 0 aliphatic carbocycles. The van der Waals surface area contributed by atoms with E-state index in [1.807, 2.05) is 30.3 Å². The number of β-lactam (4-membered cyclic amide) rings is 1. The van der Waals surface area contributed by atoms with Crippen molar-refractivity contribution in [1.82, 2.24) is 4.90 Å². The molecule has 3 rings (SSSR count). The Hall–Kier alpha value is -2.15. The topological polar surface area (TPSA) is 87.0 Å². The summed E-state index contributed by atoms with van der Waals surface area (Å²) in [5.74, 6) is -3.33. The predicted octanol–water partition coefficient (Wildman–Crippen LogP) is 0.522. The van der Waals surface area contributed by atoms with Crippen LogP contribution in [0, 0.1) is 0 Å². The fourth-order valence-electron chi connectivity index (χ4n) is 2.19. The van der Waals surface area contributed by atoms with E-state index in [0.717, 1.165) is 15.5 Å². The Bertz CT molecular complexity index is 629. The van der Waals surface area contributed by atoms with Gasteiger partial charge in [-0.15, -0.1) is 0 Å². The number of fused-ring (bicyclic) bond motifs is 1. The highest BCUT2D eigenvalue weighted by Gasteiger charge is 2.56. The number of likely N-dealkylation sites (tertiary alicyclic amines) is 1. The molecule has 20 heavy (non-hydrogen) atoms. The minimum atomic E-state index is -1.62. The van der Waals surface area contributed by atoms with Gasteiger partial charge in [0.25, 0.3) is 5.91 Å². The van der Waals surface area contributed by atoms with Gasteiger partial charge in [0.15, 0.2) is 6.04 Å². The van der Waals surface area contributed by atoms with Gasteiger partial charge in [-0.05, 0) is 5.56 Å². The van der Waals surface area contributed by atoms with Crippen molar-refractivity contribution < 1.29 is 19.5 Å². The number of carboxylic acid groups (broad SMARTS) is 1. The van der Waals surface area contributed by atoms with Crippen molar-refractivity contribution in [1.29, 1.82) is 0 Å². The molecule has 1 fully saturated rings. The molecule has 0 radical (unpaired) electrons. The molecule has 0 spiro atoms. The number of hydrogen-bond donors (Lipinski definition) is 1. The van der Waals surface area contributed by atoms with Gasteiger partial charge < -0.3 is 5.11 Å². The Balaban J connectivity index is 1.71. The van der Waals surface area contributed by atoms with E-state index < -0.39 is 29.2 Å². The zero-order chi connectivity index (χ0) is 14.3. The van der Waals surface area contributed by atoms with E-state index in [1.54, 1.807) is 0 Å². The van der Waals surface area contributed by atoms with Crippen molar-refractivity contribution in [3.63, 3.8) is 0 Å². The number of thioether (sulfide) groups is 1. The lowest BCUT2D eigenvalue weighted by Gasteiger charge is -2.37. The normalized spacial score (nSPS) is 23.9. The summed E-state index contributed by atoms with van der Waals surface area (Å²) < 4.78 is 0. The number of amides is 2. The predicted molar refractivity (Wildman–Crippen MR) is 72.2 cm³/mol. The summed E-state index contributed by atoms with van der Waals surface area (Å²) in [5.41, 5.74) is 1.06. The molecule has 2 amide bonds. The molecule has 102 valence electrons. The zero-order valence-corrected chi connectivity index (χ0v) is 11.0. The van der Waals surface area contributed by atoms with Crippen molar-refractivity contribution in [3.8, 4) is 0 Å². The first kappa shape index (κ1) is 12.9. The van der Waals surface area contributed by atoms with Gasteiger partial charge in [0, 0.05) is 6.42 Å². The second kappa shape index (κ2) is 4.75. The first-order valence-electron chi connectivity index (χ1n) is 5.95. The minimum absolute atomic E-state index is 0.496. The molecule has 0 aromatic heterocycles. The van der Waals surface area contributed by atoms with Gasteiger partial charge in [-0.3, -0.25) is 19.5 Å². The van der Waals surface area contributed by atoms with Crippen LogP contribution < -0.4 is 0 Å². The second-order valence-electron chi connectivity index (χ2n) is 4.46. The molecule has 2 aliphatic heterocycles. The van der Waals surface area contributed by atoms with Crippen LogP contribution in [0.15, 0.2) is 35.3 Å². The van der Waals surface area contributed by atoms with Crippen LogP contribution in [-0.2, 0) is 20.8 Å². The average Bonchev–Trinajstić information content (AvgIpc) is 2.79. The number of nitrogens with zero attached hydrogens (tertiary/aromatic N) is 2. The molecule has 0 bridgehead atoms. The van der Waals surface area contributed by atoms with E-state index in [4.69, 9.17) is 5.11 Å². The highest BCUT2D eigenvalue weighted by molar-refractivity contribution is 8.14. The Kier molecular flexibility index (Phi) is 3.06. The first-order valence-corrected chi connectivity index (χ1v) is 6.83. The van der Waals surface area contributed by atoms with E-state index in [0.29, 0.717) is 6.42 Å². The van der Waals surface area contributed by atoms with Crippen LogP contribution in [0.4, 0.5) is 0 Å². The third kappa shape index (κ3) is 2.00. The van der Waals surface area contributed by atoms with Crippen molar-refractivity contribution >= 4 is 34.6 Å². The number of aliphatic imine (C=N–C) groups is 1. The van der Waals surface area contributed by atoms with Crippen molar-refractivity contribution in [2.24, 2.45) is 4.99 Å². The van der Waals surface area contributed by atoms with E-state index >= 15 is 0 Å². The quantitative estimate of drug-likeness (QED) is 0.634. The fraction of sp³-hybridized carbons (Fsp3) is 0.231. The summed E-state index contributed by atoms with van der Waals surface area (Å²) in [6.07, 6.45) is 0.584. The van der Waals surface area contributed by atoms with Gasteiger partial charge in [-0.2, -0.15) is 0 Å². The van der Waals surface area contributed by atoms with Crippen molar-refractivity contribution in [2.75, 3.05) is 0 Å². The number of carboxylic acids is 1. The van der Waals surface area contributed by atoms with Crippen molar-refractivity contribution in [3.05, 3.63) is 35.9 Å². The Labute approximate surface area is 118 Å². The maximum absolute atomic E-state index is 11.7. The molecular weight excluding hydrogens is 280 g/mol. The van der Waals surface area contributed by atoms with Crippen LogP contribution in [0.2, 0.25) is 0 Å². The summed E-state index contributed by atoms with van der Waals surface area (Å²) in [4.78, 5) is 38.8. The lowest BCUT2D eigenvalue weighted by molar-refractivity contribution is -0.166. The molecule has 2 heterocycles. The molecule has 2 atom stereocenters. The maximum Gasteiger partial charge on any atom is 0.395 e. The van der Waals surface area contributed by atoms with Gasteiger partial charge in [-0.1, -0.05) is 42.1 Å². The van der Waals surface area contributed by atoms with Crippen LogP contribution in [0.5, 0.6) is 0 Å². The van der Waals surface area contributed by atoms with Crippen LogP contribution in [0.25, 0.3) is 0 Å². The van der Waals surface area contributed by atoms with Gasteiger partial charge in [0.1, 0.15) is 5.37 Å². The van der Waals surface area contributed by atoms with E-state index in [-0.39, 0.29) is 0 Å². The molecule has 0 saturated carbocycles. The number of carbonyl (C=O) groups excluding carboxylic acids is 2. The minimum Gasteiger partial charge on any atom is -0.474 e. The molecular formula is C13H10N2O4S. The molecule has 1 N–H and O–H groups in total. The molecule has 2 aliphatic rings. The highest BCUT2D eigenvalue weighted by atomic mass is 32.2. The molecule has 2 unspecified atom stereocenters. The molecule has 1 saturated heterocycles. The number of imide groups is 1. The van der Waals surface area contributed by atoms with Gasteiger partial charge in [0.05, 0.1) is 5.04 Å². The third-order valence-corrected chi connectivity index (χ3v) is 4.39. The number of aliphatic carboxylic acids is 1. The Morgan fingerprint density at radius 2 is 2.00 bits per heavy atom. The SMILES string of the molecule is O=C(O)C(=O)N1C(=O)C2N=C(Cc3ccccc3)SC21. The van der Waals surface area contributed by atoms with Gasteiger partial charge in [0.2, 0.25) is 0 Å². The number of rotatable bonds is 2. The van der Waals surface area contributed by atoms with Crippen LogP contribution in [0.1, 0.15) is 5.56 Å².